The Morgan fingerprint density at radius 1 is 1.04 bits per heavy atom. The number of carbonyl (C=O) groups excluding carboxylic acids is 1. The third-order valence-electron chi connectivity index (χ3n) is 7.12. The van der Waals surface area contributed by atoms with Gasteiger partial charge in [-0.05, 0) is 62.3 Å². The van der Waals surface area contributed by atoms with Gasteiger partial charge in [0.15, 0.2) is 0 Å². The van der Waals surface area contributed by atoms with Crippen LogP contribution in [-0.2, 0) is 14.9 Å². The highest BCUT2D eigenvalue weighted by Crippen LogP contribution is 2.43. The quantitative estimate of drug-likeness (QED) is 0.773. The second kappa shape index (κ2) is 8.91. The largest absolute Gasteiger partial charge is 0.379 e. The van der Waals surface area contributed by atoms with Crippen molar-refractivity contribution in [1.82, 2.24) is 9.80 Å². The first-order valence-corrected chi connectivity index (χ1v) is 11.0. The smallest absolute Gasteiger partial charge is 0.233 e. The van der Waals surface area contributed by atoms with Crippen LogP contribution in [0.5, 0.6) is 0 Å². The van der Waals surface area contributed by atoms with Crippen molar-refractivity contribution in [3.63, 3.8) is 0 Å². The first kappa shape index (κ1) is 19.8. The lowest BCUT2D eigenvalue weighted by Gasteiger charge is -2.39. The van der Waals surface area contributed by atoms with Gasteiger partial charge in [-0.15, -0.1) is 0 Å². The fraction of sp³-hybridized carbons (Fsp3) is 0.696. The Hall–Kier alpha value is -1.46. The van der Waals surface area contributed by atoms with Crippen LogP contribution in [0.25, 0.3) is 0 Å². The molecule has 0 atom stereocenters. The SMILES string of the molecule is O=C(N1CCC(CCN2CCOCC2)CC1)C1(c2ccc(F)cc2)CCCC1. The molecule has 1 aliphatic carbocycles. The standard InChI is InChI=1S/C23H33FN2O2/c24-21-5-3-20(4-6-21)23(10-1-2-11-23)22(27)26-13-8-19(9-14-26)7-12-25-15-17-28-18-16-25/h3-6,19H,1-2,7-18H2. The van der Waals surface area contributed by atoms with Crippen molar-refractivity contribution in [2.45, 2.75) is 50.4 Å². The first-order chi connectivity index (χ1) is 13.7. The average Bonchev–Trinajstić information content (AvgIpc) is 3.24. The van der Waals surface area contributed by atoms with Gasteiger partial charge in [0.2, 0.25) is 5.91 Å². The topological polar surface area (TPSA) is 32.8 Å². The summed E-state index contributed by atoms with van der Waals surface area (Å²) >= 11 is 0. The predicted molar refractivity (Wildman–Crippen MR) is 108 cm³/mol. The number of benzene rings is 1. The van der Waals surface area contributed by atoms with Gasteiger partial charge < -0.3 is 9.64 Å². The third-order valence-corrected chi connectivity index (χ3v) is 7.12. The highest BCUT2D eigenvalue weighted by Gasteiger charge is 2.45. The summed E-state index contributed by atoms with van der Waals surface area (Å²) < 4.78 is 18.8. The van der Waals surface area contributed by atoms with Crippen LogP contribution >= 0.6 is 0 Å². The van der Waals surface area contributed by atoms with Gasteiger partial charge in [0.1, 0.15) is 5.82 Å². The molecule has 1 saturated carbocycles. The van der Waals surface area contributed by atoms with E-state index in [9.17, 15) is 9.18 Å². The average molecular weight is 389 g/mol. The van der Waals surface area contributed by atoms with E-state index in [0.717, 1.165) is 95.9 Å². The molecule has 1 aromatic carbocycles. The molecule has 0 spiro atoms. The van der Waals surface area contributed by atoms with E-state index in [1.165, 1.54) is 18.6 Å². The molecule has 0 aromatic heterocycles. The molecule has 0 radical (unpaired) electrons. The minimum Gasteiger partial charge on any atom is -0.379 e. The van der Waals surface area contributed by atoms with Gasteiger partial charge in [-0.2, -0.15) is 0 Å². The molecule has 2 aliphatic heterocycles. The highest BCUT2D eigenvalue weighted by molar-refractivity contribution is 5.88. The van der Waals surface area contributed by atoms with E-state index in [-0.39, 0.29) is 11.7 Å². The van der Waals surface area contributed by atoms with Crippen LogP contribution in [0.4, 0.5) is 4.39 Å². The molecule has 4 rings (SSSR count). The molecular weight excluding hydrogens is 355 g/mol. The molecule has 1 amide bonds. The van der Waals surface area contributed by atoms with E-state index in [0.29, 0.717) is 0 Å². The van der Waals surface area contributed by atoms with E-state index in [1.807, 2.05) is 12.1 Å². The number of morpholine rings is 1. The number of hydrogen-bond donors (Lipinski definition) is 0. The predicted octanol–water partition coefficient (Wildman–Crippen LogP) is 3.60. The van der Waals surface area contributed by atoms with Crippen molar-refractivity contribution in [2.75, 3.05) is 45.9 Å². The normalized spacial score (nSPS) is 23.8. The number of nitrogens with zero attached hydrogens (tertiary/aromatic N) is 2. The Kier molecular flexibility index (Phi) is 6.32. The van der Waals surface area contributed by atoms with E-state index in [2.05, 4.69) is 9.80 Å². The molecule has 3 fully saturated rings. The fourth-order valence-corrected chi connectivity index (χ4v) is 5.29. The van der Waals surface area contributed by atoms with Crippen molar-refractivity contribution in [3.05, 3.63) is 35.6 Å². The van der Waals surface area contributed by atoms with Crippen LogP contribution in [0.15, 0.2) is 24.3 Å². The Balaban J connectivity index is 1.34. The second-order valence-corrected chi connectivity index (χ2v) is 8.77. The molecule has 3 aliphatic rings. The molecule has 2 heterocycles. The first-order valence-electron chi connectivity index (χ1n) is 11.0. The monoisotopic (exact) mass is 388 g/mol. The van der Waals surface area contributed by atoms with Crippen LogP contribution in [-0.4, -0.2) is 61.6 Å². The number of ether oxygens (including phenoxy) is 1. The minimum absolute atomic E-state index is 0.231. The summed E-state index contributed by atoms with van der Waals surface area (Å²) in [6.45, 7) is 6.72. The number of hydrogen-bond acceptors (Lipinski definition) is 3. The van der Waals surface area contributed by atoms with Gasteiger partial charge in [-0.3, -0.25) is 9.69 Å². The zero-order chi connectivity index (χ0) is 19.4. The van der Waals surface area contributed by atoms with Crippen LogP contribution in [0.2, 0.25) is 0 Å². The van der Waals surface area contributed by atoms with Gasteiger partial charge in [-0.1, -0.05) is 25.0 Å². The van der Waals surface area contributed by atoms with Crippen LogP contribution < -0.4 is 0 Å². The highest BCUT2D eigenvalue weighted by atomic mass is 19.1. The van der Waals surface area contributed by atoms with E-state index >= 15 is 0 Å². The summed E-state index contributed by atoms with van der Waals surface area (Å²) in [5.41, 5.74) is 0.583. The summed E-state index contributed by atoms with van der Waals surface area (Å²) in [4.78, 5) is 18.1. The maximum Gasteiger partial charge on any atom is 0.233 e. The zero-order valence-electron chi connectivity index (χ0n) is 16.9. The van der Waals surface area contributed by atoms with Gasteiger partial charge in [0, 0.05) is 26.2 Å². The lowest BCUT2D eigenvalue weighted by Crippen LogP contribution is -2.48. The molecule has 154 valence electrons. The van der Waals surface area contributed by atoms with Gasteiger partial charge >= 0.3 is 0 Å². The van der Waals surface area contributed by atoms with Crippen molar-refractivity contribution in [3.8, 4) is 0 Å². The van der Waals surface area contributed by atoms with Crippen molar-refractivity contribution in [2.24, 2.45) is 5.92 Å². The van der Waals surface area contributed by atoms with E-state index in [4.69, 9.17) is 4.74 Å². The third kappa shape index (κ3) is 4.25. The molecule has 2 saturated heterocycles. The van der Waals surface area contributed by atoms with Gasteiger partial charge in [0.05, 0.1) is 18.6 Å². The molecule has 4 nitrogen and oxygen atoms in total. The lowest BCUT2D eigenvalue weighted by atomic mass is 9.77. The molecule has 0 bridgehead atoms. The van der Waals surface area contributed by atoms with Crippen molar-refractivity contribution in [1.29, 1.82) is 0 Å². The van der Waals surface area contributed by atoms with E-state index in [1.54, 1.807) is 0 Å². The Morgan fingerprint density at radius 3 is 2.32 bits per heavy atom. The zero-order valence-corrected chi connectivity index (χ0v) is 16.9. The summed E-state index contributed by atoms with van der Waals surface area (Å²) in [6.07, 6.45) is 7.40. The van der Waals surface area contributed by atoms with Crippen LogP contribution in [0.3, 0.4) is 0 Å². The van der Waals surface area contributed by atoms with Crippen LogP contribution in [0.1, 0.15) is 50.5 Å². The Bertz CT molecular complexity index is 643. The fourth-order valence-electron chi connectivity index (χ4n) is 5.29. The summed E-state index contributed by atoms with van der Waals surface area (Å²) in [5.74, 6) is 0.769. The molecule has 28 heavy (non-hydrogen) atoms. The van der Waals surface area contributed by atoms with E-state index < -0.39 is 5.41 Å². The Labute approximate surface area is 168 Å². The number of piperidine rings is 1. The second-order valence-electron chi connectivity index (χ2n) is 8.77. The molecule has 0 N–H and O–H groups in total. The van der Waals surface area contributed by atoms with Crippen molar-refractivity contribution < 1.29 is 13.9 Å². The number of carbonyl (C=O) groups is 1. The van der Waals surface area contributed by atoms with Crippen molar-refractivity contribution >= 4 is 5.91 Å². The van der Waals surface area contributed by atoms with Gasteiger partial charge in [0.25, 0.3) is 0 Å². The minimum atomic E-state index is -0.422. The lowest BCUT2D eigenvalue weighted by molar-refractivity contribution is -0.138. The maximum atomic E-state index is 13.5. The van der Waals surface area contributed by atoms with Crippen LogP contribution in [0, 0.1) is 11.7 Å². The summed E-state index contributed by atoms with van der Waals surface area (Å²) in [6, 6.07) is 6.66. The molecule has 1 aromatic rings. The summed E-state index contributed by atoms with van der Waals surface area (Å²) in [7, 11) is 0. The molecule has 5 heteroatoms. The number of rotatable bonds is 5. The number of likely N-dealkylation sites (tertiary alicyclic amines) is 1. The molecule has 0 unspecified atom stereocenters. The number of amides is 1. The summed E-state index contributed by atoms with van der Waals surface area (Å²) in [5, 5.41) is 0. The molecular formula is C23H33FN2O2. The Morgan fingerprint density at radius 2 is 1.68 bits per heavy atom. The van der Waals surface area contributed by atoms with Gasteiger partial charge in [-0.25, -0.2) is 4.39 Å². The maximum absolute atomic E-state index is 13.5. The number of halogens is 1.